The highest BCUT2D eigenvalue weighted by Crippen LogP contribution is 2.38. The molecule has 1 saturated carbocycles. The highest BCUT2D eigenvalue weighted by atomic mass is 14.9. The summed E-state index contributed by atoms with van der Waals surface area (Å²) >= 11 is 0. The van der Waals surface area contributed by atoms with Gasteiger partial charge in [0.2, 0.25) is 0 Å². The van der Waals surface area contributed by atoms with Gasteiger partial charge in [0.1, 0.15) is 5.82 Å². The van der Waals surface area contributed by atoms with E-state index in [4.69, 9.17) is 9.97 Å². The van der Waals surface area contributed by atoms with Crippen LogP contribution in [0.15, 0.2) is 0 Å². The van der Waals surface area contributed by atoms with E-state index in [1.807, 2.05) is 0 Å². The van der Waals surface area contributed by atoms with Gasteiger partial charge in [0, 0.05) is 23.3 Å². The lowest BCUT2D eigenvalue weighted by Crippen LogP contribution is -2.29. The first-order valence-corrected chi connectivity index (χ1v) is 7.54. The molecule has 1 aromatic rings. The number of aryl methyl sites for hydroxylation is 2. The summed E-state index contributed by atoms with van der Waals surface area (Å²) in [7, 11) is 0. The average Bonchev–Trinajstić information content (AvgIpc) is 3.15. The molecule has 1 fully saturated rings. The average molecular weight is 261 g/mol. The molecule has 3 heteroatoms. The lowest BCUT2D eigenvalue weighted by Gasteiger charge is -2.17. The first-order chi connectivity index (χ1) is 8.97. The Hall–Kier alpha value is -0.960. The van der Waals surface area contributed by atoms with Gasteiger partial charge in [-0.25, -0.2) is 9.97 Å². The topological polar surface area (TPSA) is 37.8 Å². The van der Waals surface area contributed by atoms with Crippen molar-refractivity contribution in [3.8, 4) is 0 Å². The van der Waals surface area contributed by atoms with Crippen LogP contribution in [0.25, 0.3) is 0 Å². The summed E-state index contributed by atoms with van der Waals surface area (Å²) in [6, 6.07) is 0.554. The third-order valence-electron chi connectivity index (χ3n) is 3.81. The van der Waals surface area contributed by atoms with Crippen molar-refractivity contribution >= 4 is 0 Å². The molecule has 0 saturated heterocycles. The maximum absolute atomic E-state index is 4.71. The normalized spacial score (nSPS) is 16.9. The first-order valence-electron chi connectivity index (χ1n) is 7.54. The van der Waals surface area contributed by atoms with Gasteiger partial charge in [-0.05, 0) is 51.1 Å². The van der Waals surface area contributed by atoms with Gasteiger partial charge >= 0.3 is 0 Å². The molecule has 1 aliphatic rings. The second kappa shape index (κ2) is 6.00. The third kappa shape index (κ3) is 4.00. The Labute approximate surface area is 117 Å². The van der Waals surface area contributed by atoms with Gasteiger partial charge in [-0.1, -0.05) is 20.8 Å². The predicted molar refractivity (Wildman–Crippen MR) is 79.5 cm³/mol. The number of nitrogens with zero attached hydrogens (tertiary/aromatic N) is 2. The van der Waals surface area contributed by atoms with Gasteiger partial charge in [-0.3, -0.25) is 0 Å². The Kier molecular flexibility index (Phi) is 4.56. The van der Waals surface area contributed by atoms with E-state index in [0.29, 0.717) is 17.9 Å². The van der Waals surface area contributed by atoms with E-state index in [1.54, 1.807) is 0 Å². The van der Waals surface area contributed by atoms with E-state index in [-0.39, 0.29) is 0 Å². The second-order valence-electron chi connectivity index (χ2n) is 6.38. The molecule has 3 nitrogen and oxygen atoms in total. The summed E-state index contributed by atoms with van der Waals surface area (Å²) in [5.41, 5.74) is 3.72. The summed E-state index contributed by atoms with van der Waals surface area (Å²) in [6.45, 7) is 12.0. The number of hydrogen-bond donors (Lipinski definition) is 1. The Morgan fingerprint density at radius 1 is 1.11 bits per heavy atom. The van der Waals surface area contributed by atoms with Crippen LogP contribution in [0.3, 0.4) is 0 Å². The summed E-state index contributed by atoms with van der Waals surface area (Å²) in [5, 5.41) is 3.50. The zero-order valence-corrected chi connectivity index (χ0v) is 13.0. The van der Waals surface area contributed by atoms with E-state index < -0.39 is 0 Å². The summed E-state index contributed by atoms with van der Waals surface area (Å²) in [6.07, 6.45) is 3.61. The standard InChI is InChI=1S/C16H27N3/c1-10(2)17-9-11(3)8-15-12(4)18-16(14-6-7-14)19-13(15)5/h10-11,14,17H,6-9H2,1-5H3. The maximum Gasteiger partial charge on any atom is 0.131 e. The molecule has 0 bridgehead atoms. The predicted octanol–water partition coefficient (Wildman–Crippen LogP) is 3.15. The molecular weight excluding hydrogens is 234 g/mol. The van der Waals surface area contributed by atoms with Gasteiger partial charge in [-0.15, -0.1) is 0 Å². The van der Waals surface area contributed by atoms with Crippen molar-refractivity contribution < 1.29 is 0 Å². The quantitative estimate of drug-likeness (QED) is 0.855. The minimum atomic E-state index is 0.554. The van der Waals surface area contributed by atoms with Crippen molar-refractivity contribution in [1.29, 1.82) is 0 Å². The van der Waals surface area contributed by atoms with E-state index in [1.165, 1.54) is 29.8 Å². The van der Waals surface area contributed by atoms with Crippen molar-refractivity contribution in [3.05, 3.63) is 22.8 Å². The smallest absolute Gasteiger partial charge is 0.131 e. The number of hydrogen-bond acceptors (Lipinski definition) is 3. The molecule has 1 N–H and O–H groups in total. The van der Waals surface area contributed by atoms with Crippen LogP contribution in [-0.4, -0.2) is 22.6 Å². The van der Waals surface area contributed by atoms with Crippen molar-refractivity contribution in [2.24, 2.45) is 5.92 Å². The molecule has 0 radical (unpaired) electrons. The molecular formula is C16H27N3. The third-order valence-corrected chi connectivity index (χ3v) is 3.81. The van der Waals surface area contributed by atoms with Gasteiger partial charge in [-0.2, -0.15) is 0 Å². The van der Waals surface area contributed by atoms with Crippen molar-refractivity contribution in [1.82, 2.24) is 15.3 Å². The largest absolute Gasteiger partial charge is 0.314 e. The fourth-order valence-electron chi connectivity index (χ4n) is 2.44. The first kappa shape index (κ1) is 14.4. The summed E-state index contributed by atoms with van der Waals surface area (Å²) < 4.78 is 0. The van der Waals surface area contributed by atoms with Crippen LogP contribution in [0.4, 0.5) is 0 Å². The van der Waals surface area contributed by atoms with Crippen molar-refractivity contribution in [3.63, 3.8) is 0 Å². The Bertz CT molecular complexity index is 413. The van der Waals surface area contributed by atoms with Crippen LogP contribution in [-0.2, 0) is 6.42 Å². The molecule has 0 spiro atoms. The SMILES string of the molecule is Cc1nc(C2CC2)nc(C)c1CC(C)CNC(C)C. The molecule has 1 unspecified atom stereocenters. The minimum absolute atomic E-state index is 0.554. The van der Waals surface area contributed by atoms with E-state index in [2.05, 4.69) is 39.9 Å². The summed E-state index contributed by atoms with van der Waals surface area (Å²) in [5.74, 6) is 2.34. The fraction of sp³-hybridized carbons (Fsp3) is 0.750. The molecule has 1 aliphatic carbocycles. The number of aromatic nitrogens is 2. The molecule has 19 heavy (non-hydrogen) atoms. The van der Waals surface area contributed by atoms with Crippen molar-refractivity contribution in [2.45, 2.75) is 65.8 Å². The van der Waals surface area contributed by atoms with Gasteiger partial charge in [0.15, 0.2) is 0 Å². The number of nitrogens with one attached hydrogen (secondary N) is 1. The van der Waals surface area contributed by atoms with Gasteiger partial charge in [0.25, 0.3) is 0 Å². The lowest BCUT2D eigenvalue weighted by atomic mass is 9.98. The monoisotopic (exact) mass is 261 g/mol. The zero-order chi connectivity index (χ0) is 14.0. The van der Waals surface area contributed by atoms with Crippen LogP contribution < -0.4 is 5.32 Å². The molecule has 0 aliphatic heterocycles. The van der Waals surface area contributed by atoms with Crippen LogP contribution in [0.2, 0.25) is 0 Å². The van der Waals surface area contributed by atoms with Crippen LogP contribution >= 0.6 is 0 Å². The van der Waals surface area contributed by atoms with Crippen molar-refractivity contribution in [2.75, 3.05) is 6.54 Å². The Morgan fingerprint density at radius 3 is 2.16 bits per heavy atom. The highest BCUT2D eigenvalue weighted by Gasteiger charge is 2.27. The lowest BCUT2D eigenvalue weighted by molar-refractivity contribution is 0.473. The van der Waals surface area contributed by atoms with E-state index >= 15 is 0 Å². The molecule has 2 rings (SSSR count). The van der Waals surface area contributed by atoms with Gasteiger partial charge in [0.05, 0.1) is 0 Å². The number of rotatable bonds is 6. The molecule has 1 aromatic heterocycles. The zero-order valence-electron chi connectivity index (χ0n) is 13.0. The van der Waals surface area contributed by atoms with E-state index in [9.17, 15) is 0 Å². The van der Waals surface area contributed by atoms with Crippen LogP contribution in [0.5, 0.6) is 0 Å². The van der Waals surface area contributed by atoms with Crippen LogP contribution in [0.1, 0.15) is 62.3 Å². The highest BCUT2D eigenvalue weighted by molar-refractivity contribution is 5.26. The minimum Gasteiger partial charge on any atom is -0.314 e. The second-order valence-corrected chi connectivity index (χ2v) is 6.38. The van der Waals surface area contributed by atoms with Gasteiger partial charge < -0.3 is 5.32 Å². The molecule has 1 atom stereocenters. The molecule has 0 amide bonds. The maximum atomic E-state index is 4.71. The Balaban J connectivity index is 2.03. The fourth-order valence-corrected chi connectivity index (χ4v) is 2.44. The molecule has 106 valence electrons. The molecule has 0 aromatic carbocycles. The van der Waals surface area contributed by atoms with E-state index in [0.717, 1.165) is 18.8 Å². The molecule has 1 heterocycles. The Morgan fingerprint density at radius 2 is 1.68 bits per heavy atom. The summed E-state index contributed by atoms with van der Waals surface area (Å²) in [4.78, 5) is 9.43. The van der Waals surface area contributed by atoms with Crippen LogP contribution in [0, 0.1) is 19.8 Å².